The molecule has 4 rings (SSSR count). The normalized spacial score (nSPS) is 10.9. The number of hydrogen-bond donors (Lipinski definition) is 2. The first kappa shape index (κ1) is 20.1. The first-order chi connectivity index (χ1) is 14.5. The Morgan fingerprint density at radius 2 is 1.90 bits per heavy atom. The van der Waals surface area contributed by atoms with Crippen molar-refractivity contribution in [2.24, 2.45) is 0 Å². The van der Waals surface area contributed by atoms with Crippen LogP contribution < -0.4 is 10.9 Å². The van der Waals surface area contributed by atoms with Gasteiger partial charge in [0.1, 0.15) is 0 Å². The molecule has 0 aliphatic carbocycles. The molecule has 152 valence electrons. The molecule has 0 radical (unpaired) electrons. The largest absolute Gasteiger partial charge is 0.352 e. The highest BCUT2D eigenvalue weighted by Gasteiger charge is 2.17. The average molecular weight is 439 g/mol. The molecule has 0 aliphatic heterocycles. The molecule has 4 aromatic rings. The molecule has 1 amide bonds. The summed E-state index contributed by atoms with van der Waals surface area (Å²) in [6.07, 6.45) is 0.0103. The molecular weight excluding hydrogens is 420 g/mol. The lowest BCUT2D eigenvalue weighted by Crippen LogP contribution is -2.27. The molecule has 0 aliphatic rings. The molecule has 0 fully saturated rings. The van der Waals surface area contributed by atoms with Crippen LogP contribution in [-0.4, -0.2) is 20.7 Å². The van der Waals surface area contributed by atoms with Crippen LogP contribution in [-0.2, 0) is 17.8 Å². The second-order valence-electron chi connectivity index (χ2n) is 6.82. The molecule has 0 spiro atoms. The topological polar surface area (TPSA) is 79.8 Å². The van der Waals surface area contributed by atoms with Crippen molar-refractivity contribution in [2.45, 2.75) is 19.9 Å². The minimum Gasteiger partial charge on any atom is -0.352 e. The smallest absolute Gasteiger partial charge is 0.277 e. The Kier molecular flexibility index (Phi) is 5.83. The van der Waals surface area contributed by atoms with E-state index in [2.05, 4.69) is 15.4 Å². The standard InChI is InChI=1S/C22H19ClN4O2S/c1-14-18(11-20(28)24-12-15-5-3-2-4-6-15)21(29)27(26-14)22-25-19(13-30-22)16-7-9-17(23)10-8-16/h2-10,13,26H,11-12H2,1H3,(H,24,28). The maximum atomic E-state index is 12.9. The quantitative estimate of drug-likeness (QED) is 0.475. The van der Waals surface area contributed by atoms with Gasteiger partial charge in [-0.15, -0.1) is 11.3 Å². The molecule has 0 saturated heterocycles. The van der Waals surface area contributed by atoms with Crippen molar-refractivity contribution in [3.8, 4) is 16.4 Å². The molecule has 2 aromatic heterocycles. The summed E-state index contributed by atoms with van der Waals surface area (Å²) in [6, 6.07) is 17.0. The number of H-pyrrole nitrogens is 1. The summed E-state index contributed by atoms with van der Waals surface area (Å²) >= 11 is 7.29. The monoisotopic (exact) mass is 438 g/mol. The van der Waals surface area contributed by atoms with Gasteiger partial charge in [0, 0.05) is 33.8 Å². The number of aryl methyl sites for hydroxylation is 1. The number of nitrogens with zero attached hydrogens (tertiary/aromatic N) is 2. The van der Waals surface area contributed by atoms with Crippen LogP contribution in [0.15, 0.2) is 64.8 Å². The Labute approximate surface area is 182 Å². The molecule has 2 N–H and O–H groups in total. The molecule has 6 nitrogen and oxygen atoms in total. The molecular formula is C22H19ClN4O2S. The van der Waals surface area contributed by atoms with Crippen LogP contribution in [0.2, 0.25) is 5.02 Å². The van der Waals surface area contributed by atoms with Gasteiger partial charge in [0.05, 0.1) is 12.1 Å². The number of aromatic amines is 1. The first-order valence-corrected chi connectivity index (χ1v) is 10.6. The summed E-state index contributed by atoms with van der Waals surface area (Å²) in [6.45, 7) is 2.21. The van der Waals surface area contributed by atoms with Crippen molar-refractivity contribution in [2.75, 3.05) is 0 Å². The van der Waals surface area contributed by atoms with Crippen molar-refractivity contribution in [1.82, 2.24) is 20.1 Å². The lowest BCUT2D eigenvalue weighted by molar-refractivity contribution is -0.120. The molecule has 30 heavy (non-hydrogen) atoms. The number of benzene rings is 2. The number of aromatic nitrogens is 3. The van der Waals surface area contributed by atoms with Gasteiger partial charge >= 0.3 is 0 Å². The summed E-state index contributed by atoms with van der Waals surface area (Å²) in [4.78, 5) is 29.8. The van der Waals surface area contributed by atoms with Gasteiger partial charge in [-0.05, 0) is 24.6 Å². The number of rotatable bonds is 6. The molecule has 2 heterocycles. The van der Waals surface area contributed by atoms with E-state index in [1.54, 1.807) is 19.1 Å². The molecule has 0 atom stereocenters. The van der Waals surface area contributed by atoms with Gasteiger partial charge in [-0.2, -0.15) is 4.68 Å². The number of hydrogen-bond acceptors (Lipinski definition) is 4. The van der Waals surface area contributed by atoms with E-state index in [4.69, 9.17) is 11.6 Å². The Morgan fingerprint density at radius 3 is 2.63 bits per heavy atom. The van der Waals surface area contributed by atoms with Gasteiger partial charge in [-0.25, -0.2) is 4.98 Å². The predicted octanol–water partition coefficient (Wildman–Crippen LogP) is 4.11. The van der Waals surface area contributed by atoms with Gasteiger partial charge in [0.25, 0.3) is 5.56 Å². The molecule has 0 unspecified atom stereocenters. The fourth-order valence-corrected chi connectivity index (χ4v) is 3.98. The van der Waals surface area contributed by atoms with Crippen molar-refractivity contribution >= 4 is 28.8 Å². The minimum absolute atomic E-state index is 0.0103. The van der Waals surface area contributed by atoms with E-state index >= 15 is 0 Å². The summed E-state index contributed by atoms with van der Waals surface area (Å²) in [7, 11) is 0. The van der Waals surface area contributed by atoms with Crippen LogP contribution >= 0.6 is 22.9 Å². The number of carbonyl (C=O) groups is 1. The number of nitrogens with one attached hydrogen (secondary N) is 2. The van der Waals surface area contributed by atoms with Crippen LogP contribution in [0.3, 0.4) is 0 Å². The molecule has 8 heteroatoms. The zero-order chi connectivity index (χ0) is 21.1. The number of thiazole rings is 1. The summed E-state index contributed by atoms with van der Waals surface area (Å²) < 4.78 is 1.39. The summed E-state index contributed by atoms with van der Waals surface area (Å²) in [5, 5.41) is 8.94. The Morgan fingerprint density at radius 1 is 1.17 bits per heavy atom. The lowest BCUT2D eigenvalue weighted by atomic mass is 10.1. The Balaban J connectivity index is 1.50. The van der Waals surface area contributed by atoms with Crippen LogP contribution in [0.1, 0.15) is 16.8 Å². The molecule has 2 aromatic carbocycles. The van der Waals surface area contributed by atoms with E-state index in [-0.39, 0.29) is 17.9 Å². The van der Waals surface area contributed by atoms with Crippen LogP contribution in [0.4, 0.5) is 0 Å². The summed E-state index contributed by atoms with van der Waals surface area (Å²) in [5.41, 5.74) is 3.50. The van der Waals surface area contributed by atoms with E-state index < -0.39 is 0 Å². The Bertz CT molecular complexity index is 1230. The van der Waals surface area contributed by atoms with E-state index in [1.807, 2.05) is 47.8 Å². The second-order valence-corrected chi connectivity index (χ2v) is 8.09. The van der Waals surface area contributed by atoms with Crippen molar-refractivity contribution in [1.29, 1.82) is 0 Å². The van der Waals surface area contributed by atoms with Crippen LogP contribution in [0, 0.1) is 6.92 Å². The number of carbonyl (C=O) groups excluding carboxylic acids is 1. The second kappa shape index (κ2) is 8.69. The van der Waals surface area contributed by atoms with Gasteiger partial charge in [0.15, 0.2) is 0 Å². The maximum absolute atomic E-state index is 12.9. The zero-order valence-corrected chi connectivity index (χ0v) is 17.8. The number of amides is 1. The fraction of sp³-hybridized carbons (Fsp3) is 0.136. The van der Waals surface area contributed by atoms with Gasteiger partial charge in [-0.1, -0.05) is 54.1 Å². The van der Waals surface area contributed by atoms with Crippen molar-refractivity contribution < 1.29 is 4.79 Å². The number of halogens is 1. The van der Waals surface area contributed by atoms with E-state index in [0.717, 1.165) is 16.8 Å². The minimum atomic E-state index is -0.264. The van der Waals surface area contributed by atoms with Gasteiger partial charge in [-0.3, -0.25) is 14.7 Å². The van der Waals surface area contributed by atoms with Crippen LogP contribution in [0.25, 0.3) is 16.4 Å². The van der Waals surface area contributed by atoms with E-state index in [0.29, 0.717) is 28.0 Å². The SMILES string of the molecule is Cc1[nH]n(-c2nc(-c3ccc(Cl)cc3)cs2)c(=O)c1CC(=O)NCc1ccccc1. The van der Waals surface area contributed by atoms with E-state index in [9.17, 15) is 9.59 Å². The van der Waals surface area contributed by atoms with E-state index in [1.165, 1.54) is 16.0 Å². The molecule has 0 saturated carbocycles. The van der Waals surface area contributed by atoms with Gasteiger partial charge in [0.2, 0.25) is 11.0 Å². The molecule has 0 bridgehead atoms. The van der Waals surface area contributed by atoms with Crippen molar-refractivity contribution in [3.05, 3.63) is 92.2 Å². The van der Waals surface area contributed by atoms with Crippen molar-refractivity contribution in [3.63, 3.8) is 0 Å². The lowest BCUT2D eigenvalue weighted by Gasteiger charge is -2.04. The van der Waals surface area contributed by atoms with Gasteiger partial charge < -0.3 is 5.32 Å². The third-order valence-corrected chi connectivity index (χ3v) is 5.76. The highest BCUT2D eigenvalue weighted by molar-refractivity contribution is 7.12. The average Bonchev–Trinajstić information content (AvgIpc) is 3.34. The zero-order valence-electron chi connectivity index (χ0n) is 16.2. The Hall–Kier alpha value is -3.16. The predicted molar refractivity (Wildman–Crippen MR) is 119 cm³/mol. The summed E-state index contributed by atoms with van der Waals surface area (Å²) in [5.74, 6) is -0.203. The highest BCUT2D eigenvalue weighted by Crippen LogP contribution is 2.24. The third-order valence-electron chi connectivity index (χ3n) is 4.69. The highest BCUT2D eigenvalue weighted by atomic mass is 35.5. The first-order valence-electron chi connectivity index (χ1n) is 9.34. The maximum Gasteiger partial charge on any atom is 0.277 e. The third kappa shape index (κ3) is 4.37. The fourth-order valence-electron chi connectivity index (χ4n) is 3.06. The van der Waals surface area contributed by atoms with Crippen LogP contribution in [0.5, 0.6) is 0 Å².